The quantitative estimate of drug-likeness (QED) is 0.604. The number of carboxylic acids is 1. The van der Waals surface area contributed by atoms with E-state index in [1.807, 2.05) is 0 Å². The monoisotopic (exact) mass is 254 g/mol. The van der Waals surface area contributed by atoms with Crippen LogP contribution in [0.5, 0.6) is 0 Å². The van der Waals surface area contributed by atoms with Crippen molar-refractivity contribution in [3.63, 3.8) is 0 Å². The van der Waals surface area contributed by atoms with Crippen molar-refractivity contribution >= 4 is 16.2 Å². The van der Waals surface area contributed by atoms with Gasteiger partial charge in [0.05, 0.1) is 12.5 Å². The summed E-state index contributed by atoms with van der Waals surface area (Å²) in [6.07, 6.45) is -1.02. The van der Waals surface area contributed by atoms with Crippen LogP contribution in [-0.2, 0) is 15.0 Å². The Labute approximate surface area is 95.5 Å². The van der Waals surface area contributed by atoms with Crippen LogP contribution >= 0.6 is 0 Å². The van der Waals surface area contributed by atoms with E-state index >= 15 is 0 Å². The van der Waals surface area contributed by atoms with E-state index in [4.69, 9.17) is 10.2 Å². The lowest BCUT2D eigenvalue weighted by Gasteiger charge is -2.24. The normalized spacial score (nSPS) is 14.4. The van der Waals surface area contributed by atoms with E-state index in [0.29, 0.717) is 0 Å². The van der Waals surface area contributed by atoms with Crippen molar-refractivity contribution in [1.29, 1.82) is 0 Å². The third kappa shape index (κ3) is 4.88. The van der Waals surface area contributed by atoms with Crippen LogP contribution < -0.4 is 0 Å². The van der Waals surface area contributed by atoms with E-state index in [9.17, 15) is 13.2 Å². The fourth-order valence-corrected chi connectivity index (χ4v) is 2.27. The molecule has 16 heavy (non-hydrogen) atoms. The topological polar surface area (TPSA) is 98.2 Å². The van der Waals surface area contributed by atoms with Gasteiger partial charge in [-0.2, -0.15) is 17.0 Å². The molecule has 1 atom stereocenters. The van der Waals surface area contributed by atoms with Gasteiger partial charge in [0, 0.05) is 27.2 Å². The summed E-state index contributed by atoms with van der Waals surface area (Å²) in [5.74, 6) is -1.06. The summed E-state index contributed by atoms with van der Waals surface area (Å²) in [4.78, 5) is 10.3. The molecule has 0 bridgehead atoms. The zero-order valence-corrected chi connectivity index (χ0v) is 10.4. The molecule has 0 aromatic rings. The van der Waals surface area contributed by atoms with Crippen molar-refractivity contribution in [2.75, 3.05) is 27.2 Å². The Morgan fingerprint density at radius 2 is 1.81 bits per heavy atom. The number of aliphatic hydroxyl groups is 1. The van der Waals surface area contributed by atoms with Crippen molar-refractivity contribution in [1.82, 2.24) is 8.61 Å². The van der Waals surface area contributed by atoms with E-state index < -0.39 is 22.3 Å². The Kier molecular flexibility index (Phi) is 5.87. The van der Waals surface area contributed by atoms with E-state index in [1.165, 1.54) is 21.0 Å². The third-order valence-electron chi connectivity index (χ3n) is 1.95. The number of aliphatic carboxylic acids is 1. The maximum Gasteiger partial charge on any atom is 0.304 e. The van der Waals surface area contributed by atoms with Crippen LogP contribution in [0.15, 0.2) is 0 Å². The average molecular weight is 254 g/mol. The number of carbonyl (C=O) groups is 1. The third-order valence-corrected chi connectivity index (χ3v) is 3.86. The van der Waals surface area contributed by atoms with Gasteiger partial charge in [0.15, 0.2) is 0 Å². The van der Waals surface area contributed by atoms with Gasteiger partial charge in [0.1, 0.15) is 0 Å². The molecule has 0 aromatic heterocycles. The predicted octanol–water partition coefficient (Wildman–Crippen LogP) is -1.05. The molecule has 8 heteroatoms. The summed E-state index contributed by atoms with van der Waals surface area (Å²) in [5.41, 5.74) is 0. The summed E-state index contributed by atoms with van der Waals surface area (Å²) in [6, 6.07) is 0. The van der Waals surface area contributed by atoms with Gasteiger partial charge in [-0.05, 0) is 6.92 Å². The van der Waals surface area contributed by atoms with E-state index in [2.05, 4.69) is 0 Å². The highest BCUT2D eigenvalue weighted by atomic mass is 32.2. The van der Waals surface area contributed by atoms with Crippen molar-refractivity contribution in [3.05, 3.63) is 0 Å². The van der Waals surface area contributed by atoms with Gasteiger partial charge in [-0.1, -0.05) is 0 Å². The molecule has 0 amide bonds. The second-order valence-electron chi connectivity index (χ2n) is 3.60. The smallest absolute Gasteiger partial charge is 0.304 e. The molecule has 0 aliphatic heterocycles. The van der Waals surface area contributed by atoms with Gasteiger partial charge in [-0.25, -0.2) is 0 Å². The number of hydrogen-bond acceptors (Lipinski definition) is 4. The standard InChI is InChI=1S/C8H18N2O5S/c1-7(11)6-10(3)16(14,15)9(2)5-4-8(12)13/h7,11H,4-6H2,1-3H3,(H,12,13). The molecule has 0 saturated carbocycles. The Hall–Kier alpha value is -0.700. The molecule has 1 unspecified atom stereocenters. The number of hydrogen-bond donors (Lipinski definition) is 2. The Morgan fingerprint density at radius 1 is 1.31 bits per heavy atom. The SMILES string of the molecule is CC(O)CN(C)S(=O)(=O)N(C)CCC(=O)O. The zero-order chi connectivity index (χ0) is 12.9. The molecule has 0 aromatic carbocycles. The molecule has 2 N–H and O–H groups in total. The van der Waals surface area contributed by atoms with Crippen molar-refractivity contribution in [2.24, 2.45) is 0 Å². The first kappa shape index (κ1) is 15.3. The molecule has 0 rings (SSSR count). The lowest BCUT2D eigenvalue weighted by Crippen LogP contribution is -2.43. The lowest BCUT2D eigenvalue weighted by atomic mass is 10.4. The van der Waals surface area contributed by atoms with Crippen LogP contribution in [0.2, 0.25) is 0 Å². The summed E-state index contributed by atoms with van der Waals surface area (Å²) in [5, 5.41) is 17.5. The minimum atomic E-state index is -3.69. The first-order valence-corrected chi connectivity index (χ1v) is 6.15. The summed E-state index contributed by atoms with van der Waals surface area (Å²) < 4.78 is 25.4. The van der Waals surface area contributed by atoms with Gasteiger partial charge in [-0.3, -0.25) is 4.79 Å². The number of likely N-dealkylation sites (N-methyl/N-ethyl adjacent to an activating group) is 1. The zero-order valence-electron chi connectivity index (χ0n) is 9.62. The van der Waals surface area contributed by atoms with Crippen LogP contribution in [0.4, 0.5) is 0 Å². The van der Waals surface area contributed by atoms with Crippen molar-refractivity contribution in [2.45, 2.75) is 19.4 Å². The molecule has 0 aliphatic rings. The number of rotatable bonds is 7. The van der Waals surface area contributed by atoms with Gasteiger partial charge in [0.2, 0.25) is 0 Å². The first-order valence-electron chi connectivity index (χ1n) is 4.75. The first-order chi connectivity index (χ1) is 7.17. The summed E-state index contributed by atoms with van der Waals surface area (Å²) in [6.45, 7) is 1.35. The minimum absolute atomic E-state index is 0.0280. The Morgan fingerprint density at radius 3 is 2.19 bits per heavy atom. The van der Waals surface area contributed by atoms with E-state index in [0.717, 1.165) is 8.61 Å². The Balaban J connectivity index is 4.46. The number of nitrogens with zero attached hydrogens (tertiary/aromatic N) is 2. The molecule has 7 nitrogen and oxygen atoms in total. The molecule has 0 fully saturated rings. The van der Waals surface area contributed by atoms with Gasteiger partial charge in [-0.15, -0.1) is 0 Å². The highest BCUT2D eigenvalue weighted by Crippen LogP contribution is 2.05. The van der Waals surface area contributed by atoms with Crippen LogP contribution in [0, 0.1) is 0 Å². The van der Waals surface area contributed by atoms with Gasteiger partial charge >= 0.3 is 5.97 Å². The highest BCUT2D eigenvalue weighted by Gasteiger charge is 2.24. The van der Waals surface area contributed by atoms with Crippen LogP contribution in [-0.4, -0.2) is 66.5 Å². The predicted molar refractivity (Wildman–Crippen MR) is 58.1 cm³/mol. The lowest BCUT2D eigenvalue weighted by molar-refractivity contribution is -0.137. The van der Waals surface area contributed by atoms with Crippen molar-refractivity contribution in [3.8, 4) is 0 Å². The summed E-state index contributed by atoms with van der Waals surface area (Å²) in [7, 11) is -1.05. The van der Waals surface area contributed by atoms with Gasteiger partial charge < -0.3 is 10.2 Å². The molecule has 0 aliphatic carbocycles. The van der Waals surface area contributed by atoms with Crippen molar-refractivity contribution < 1.29 is 23.4 Å². The highest BCUT2D eigenvalue weighted by molar-refractivity contribution is 7.86. The fraction of sp³-hybridized carbons (Fsp3) is 0.875. The van der Waals surface area contributed by atoms with Crippen LogP contribution in [0.25, 0.3) is 0 Å². The molecule has 0 saturated heterocycles. The second-order valence-corrected chi connectivity index (χ2v) is 5.74. The molecule has 0 radical (unpaired) electrons. The maximum atomic E-state index is 11.7. The number of aliphatic hydroxyl groups excluding tert-OH is 1. The second kappa shape index (κ2) is 6.14. The average Bonchev–Trinajstić information content (AvgIpc) is 2.12. The molecular weight excluding hydrogens is 236 g/mol. The van der Waals surface area contributed by atoms with Crippen LogP contribution in [0.1, 0.15) is 13.3 Å². The molecular formula is C8H18N2O5S. The fourth-order valence-electron chi connectivity index (χ4n) is 1.07. The largest absolute Gasteiger partial charge is 0.481 e. The molecule has 0 heterocycles. The van der Waals surface area contributed by atoms with E-state index in [1.54, 1.807) is 0 Å². The maximum absolute atomic E-state index is 11.7. The molecule has 0 spiro atoms. The van der Waals surface area contributed by atoms with Crippen LogP contribution in [0.3, 0.4) is 0 Å². The van der Waals surface area contributed by atoms with E-state index in [-0.39, 0.29) is 19.5 Å². The Bertz CT molecular complexity index is 327. The minimum Gasteiger partial charge on any atom is -0.481 e. The van der Waals surface area contributed by atoms with Gasteiger partial charge in [0.25, 0.3) is 10.2 Å². The molecule has 96 valence electrons. The summed E-state index contributed by atoms with van der Waals surface area (Å²) >= 11 is 0. The number of carboxylic acid groups (broad SMARTS) is 1.